The molecule has 0 aliphatic rings. The molecule has 0 aliphatic carbocycles. The van der Waals surface area contributed by atoms with Crippen molar-refractivity contribution in [3.8, 4) is 0 Å². The largest absolute Gasteiger partial charge is 0.283 e. The minimum Gasteiger partial charge on any atom is -0.283 e. The highest BCUT2D eigenvalue weighted by atomic mass is 15.3. The molecule has 1 N–H and O–H groups in total. The van der Waals surface area contributed by atoms with Gasteiger partial charge in [-0.15, -0.1) is 0 Å². The predicted molar refractivity (Wildman–Crippen MR) is 72.1 cm³/mol. The Morgan fingerprint density at radius 1 is 1.06 bits per heavy atom. The summed E-state index contributed by atoms with van der Waals surface area (Å²) in [5, 5.41) is 4.31. The molecule has 0 radical (unpaired) electrons. The van der Waals surface area contributed by atoms with Gasteiger partial charge in [-0.3, -0.25) is 15.4 Å². The number of hydrogen-bond acceptors (Lipinski definition) is 4. The minimum absolute atomic E-state index is 0.694. The third-order valence-electron chi connectivity index (χ3n) is 2.17. The molecule has 2 aromatic rings. The highest BCUT2D eigenvalue weighted by Gasteiger charge is 2.08. The van der Waals surface area contributed by atoms with Gasteiger partial charge in [0.25, 0.3) is 0 Å². The molecule has 0 fully saturated rings. The maximum absolute atomic E-state index is 4.31. The van der Waals surface area contributed by atoms with Gasteiger partial charge in [-0.1, -0.05) is 18.7 Å². The van der Waals surface area contributed by atoms with Gasteiger partial charge in [-0.2, -0.15) is 5.10 Å². The molecule has 0 saturated carbocycles. The highest BCUT2D eigenvalue weighted by Crippen LogP contribution is 2.05. The fraction of sp³-hybridized carbons (Fsp3) is 0.0714. The van der Waals surface area contributed by atoms with E-state index in [1.54, 1.807) is 12.4 Å². The molecule has 0 aliphatic heterocycles. The second kappa shape index (κ2) is 5.72. The van der Waals surface area contributed by atoms with Crippen molar-refractivity contribution in [1.82, 2.24) is 15.4 Å². The molecular formula is C14H14N4. The second-order valence-corrected chi connectivity index (χ2v) is 3.78. The Labute approximate surface area is 106 Å². The van der Waals surface area contributed by atoms with Gasteiger partial charge in [0.15, 0.2) is 0 Å². The van der Waals surface area contributed by atoms with E-state index < -0.39 is 0 Å². The van der Waals surface area contributed by atoms with E-state index >= 15 is 0 Å². The summed E-state index contributed by atoms with van der Waals surface area (Å²) >= 11 is 0. The van der Waals surface area contributed by atoms with Crippen LogP contribution in [0.3, 0.4) is 0 Å². The summed E-state index contributed by atoms with van der Waals surface area (Å²) in [6.07, 6.45) is 3.46. The van der Waals surface area contributed by atoms with E-state index in [4.69, 9.17) is 0 Å². The Hall–Kier alpha value is -2.49. The van der Waals surface area contributed by atoms with E-state index in [0.29, 0.717) is 5.71 Å². The van der Waals surface area contributed by atoms with E-state index in [-0.39, 0.29) is 0 Å². The summed E-state index contributed by atoms with van der Waals surface area (Å²) in [7, 11) is 0. The Kier molecular flexibility index (Phi) is 3.81. The van der Waals surface area contributed by atoms with Crippen molar-refractivity contribution in [2.45, 2.75) is 6.92 Å². The molecule has 2 heterocycles. The molecule has 2 rings (SSSR count). The first-order chi connectivity index (χ1) is 8.77. The van der Waals surface area contributed by atoms with Gasteiger partial charge in [0.2, 0.25) is 0 Å². The normalized spacial score (nSPS) is 9.61. The summed E-state index contributed by atoms with van der Waals surface area (Å²) < 4.78 is 0. The SMILES string of the molecule is C=C(C)NN=C(c1ccccn1)c1ccccn1. The Balaban J connectivity index is 2.42. The molecule has 0 atom stereocenters. The van der Waals surface area contributed by atoms with Crippen LogP contribution < -0.4 is 5.43 Å². The maximum atomic E-state index is 4.31. The van der Waals surface area contributed by atoms with E-state index in [2.05, 4.69) is 27.1 Å². The third kappa shape index (κ3) is 3.01. The van der Waals surface area contributed by atoms with Crippen LogP contribution in [0, 0.1) is 0 Å². The molecule has 18 heavy (non-hydrogen) atoms. The zero-order valence-electron chi connectivity index (χ0n) is 10.2. The first-order valence-electron chi connectivity index (χ1n) is 5.59. The zero-order chi connectivity index (χ0) is 12.8. The van der Waals surface area contributed by atoms with Crippen LogP contribution in [0.5, 0.6) is 0 Å². The second-order valence-electron chi connectivity index (χ2n) is 3.78. The van der Waals surface area contributed by atoms with Crippen LogP contribution >= 0.6 is 0 Å². The van der Waals surface area contributed by atoms with Crippen LogP contribution in [-0.4, -0.2) is 15.7 Å². The van der Waals surface area contributed by atoms with Gasteiger partial charge in [0.1, 0.15) is 5.71 Å². The summed E-state index contributed by atoms with van der Waals surface area (Å²) in [6, 6.07) is 11.4. The monoisotopic (exact) mass is 238 g/mol. The van der Waals surface area contributed by atoms with Crippen LogP contribution in [0.4, 0.5) is 0 Å². The number of nitrogens with one attached hydrogen (secondary N) is 1. The van der Waals surface area contributed by atoms with Gasteiger partial charge < -0.3 is 0 Å². The number of hydrazone groups is 1. The summed E-state index contributed by atoms with van der Waals surface area (Å²) in [6.45, 7) is 5.60. The number of allylic oxidation sites excluding steroid dienone is 1. The van der Waals surface area contributed by atoms with Crippen LogP contribution in [-0.2, 0) is 0 Å². The van der Waals surface area contributed by atoms with Crippen molar-refractivity contribution in [3.63, 3.8) is 0 Å². The van der Waals surface area contributed by atoms with Gasteiger partial charge in [0.05, 0.1) is 11.4 Å². The molecule has 0 unspecified atom stereocenters. The number of rotatable bonds is 4. The molecule has 4 nitrogen and oxygen atoms in total. The van der Waals surface area contributed by atoms with Gasteiger partial charge in [-0.25, -0.2) is 0 Å². The average Bonchev–Trinajstić information content (AvgIpc) is 2.41. The fourth-order valence-electron chi connectivity index (χ4n) is 1.40. The molecule has 0 bridgehead atoms. The lowest BCUT2D eigenvalue weighted by molar-refractivity contribution is 0.890. The van der Waals surface area contributed by atoms with Crippen molar-refractivity contribution >= 4 is 5.71 Å². The van der Waals surface area contributed by atoms with Crippen LogP contribution in [0.1, 0.15) is 18.3 Å². The molecule has 0 spiro atoms. The maximum Gasteiger partial charge on any atom is 0.134 e. The van der Waals surface area contributed by atoms with Crippen molar-refractivity contribution in [2.24, 2.45) is 5.10 Å². The van der Waals surface area contributed by atoms with E-state index in [1.807, 2.05) is 43.3 Å². The summed E-state index contributed by atoms with van der Waals surface area (Å²) in [5.74, 6) is 0. The van der Waals surface area contributed by atoms with Gasteiger partial charge >= 0.3 is 0 Å². The molecular weight excluding hydrogens is 224 g/mol. The Bertz CT molecular complexity index is 505. The molecule has 0 amide bonds. The molecule has 2 aromatic heterocycles. The summed E-state index contributed by atoms with van der Waals surface area (Å²) in [5.41, 5.74) is 5.85. The van der Waals surface area contributed by atoms with E-state index in [1.165, 1.54) is 0 Å². The first-order valence-corrected chi connectivity index (χ1v) is 5.59. The lowest BCUT2D eigenvalue weighted by Gasteiger charge is -2.06. The number of aromatic nitrogens is 2. The van der Waals surface area contributed by atoms with Gasteiger partial charge in [0, 0.05) is 18.1 Å². The first kappa shape index (κ1) is 12.0. The lowest BCUT2D eigenvalue weighted by Crippen LogP contribution is -2.13. The predicted octanol–water partition coefficient (Wildman–Crippen LogP) is 2.35. The Morgan fingerprint density at radius 2 is 1.61 bits per heavy atom. The molecule has 90 valence electrons. The quantitative estimate of drug-likeness (QED) is 0.657. The lowest BCUT2D eigenvalue weighted by atomic mass is 10.1. The van der Waals surface area contributed by atoms with Crippen LogP contribution in [0.15, 0.2) is 66.2 Å². The zero-order valence-corrected chi connectivity index (χ0v) is 10.2. The fourth-order valence-corrected chi connectivity index (χ4v) is 1.40. The summed E-state index contributed by atoms with van der Waals surface area (Å²) in [4.78, 5) is 8.59. The van der Waals surface area contributed by atoms with Crippen molar-refractivity contribution < 1.29 is 0 Å². The van der Waals surface area contributed by atoms with Gasteiger partial charge in [-0.05, 0) is 31.2 Å². The van der Waals surface area contributed by atoms with E-state index in [0.717, 1.165) is 17.1 Å². The number of hydrogen-bond donors (Lipinski definition) is 1. The van der Waals surface area contributed by atoms with Crippen molar-refractivity contribution in [1.29, 1.82) is 0 Å². The smallest absolute Gasteiger partial charge is 0.134 e. The van der Waals surface area contributed by atoms with Crippen molar-refractivity contribution in [2.75, 3.05) is 0 Å². The minimum atomic E-state index is 0.694. The molecule has 0 saturated heterocycles. The van der Waals surface area contributed by atoms with Crippen LogP contribution in [0.2, 0.25) is 0 Å². The number of pyridine rings is 2. The highest BCUT2D eigenvalue weighted by molar-refractivity contribution is 6.10. The van der Waals surface area contributed by atoms with Crippen molar-refractivity contribution in [3.05, 3.63) is 72.5 Å². The van der Waals surface area contributed by atoms with E-state index in [9.17, 15) is 0 Å². The Morgan fingerprint density at radius 3 is 2.00 bits per heavy atom. The standard InChI is InChI=1S/C14H14N4/c1-11(2)17-18-14(12-7-3-5-9-15-12)13-8-4-6-10-16-13/h3-10,17H,1H2,2H3. The number of nitrogens with zero attached hydrogens (tertiary/aromatic N) is 3. The molecule has 4 heteroatoms. The van der Waals surface area contributed by atoms with Crippen LogP contribution in [0.25, 0.3) is 0 Å². The third-order valence-corrected chi connectivity index (χ3v) is 2.17. The average molecular weight is 238 g/mol. The topological polar surface area (TPSA) is 50.2 Å². The molecule has 0 aromatic carbocycles.